The van der Waals surface area contributed by atoms with Crippen molar-refractivity contribution in [3.8, 4) is 0 Å². The van der Waals surface area contributed by atoms with E-state index in [9.17, 15) is 19.0 Å². The van der Waals surface area contributed by atoms with Gasteiger partial charge in [0.2, 0.25) is 0 Å². The first-order valence-electron chi connectivity index (χ1n) is 23.1. The molecule has 0 rings (SSSR count). The van der Waals surface area contributed by atoms with E-state index in [1.165, 1.54) is 116 Å². The van der Waals surface area contributed by atoms with Crippen molar-refractivity contribution in [3.05, 3.63) is 24.3 Å². The third kappa shape index (κ3) is 42.1. The first-order chi connectivity index (χ1) is 27.0. The minimum absolute atomic E-state index is 0.0321. The van der Waals surface area contributed by atoms with Gasteiger partial charge in [-0.15, -0.1) is 0 Å². The van der Waals surface area contributed by atoms with Gasteiger partial charge in [0, 0.05) is 12.8 Å². The molecule has 9 nitrogen and oxygen atoms in total. The summed E-state index contributed by atoms with van der Waals surface area (Å²) in [4.78, 5) is 37.6. The molecular formula is C46H88NO8P. The minimum Gasteiger partial charge on any atom is -0.756 e. The maximum atomic E-state index is 12.7. The highest BCUT2D eigenvalue weighted by atomic mass is 31.2. The summed E-state index contributed by atoms with van der Waals surface area (Å²) in [5.41, 5.74) is 0. The molecule has 0 spiro atoms. The summed E-state index contributed by atoms with van der Waals surface area (Å²) in [5.74, 6) is -0.844. The lowest BCUT2D eigenvalue weighted by Gasteiger charge is -2.28. The molecule has 0 bridgehead atoms. The summed E-state index contributed by atoms with van der Waals surface area (Å²) < 4.78 is 33.9. The number of unbranched alkanes of at least 4 members (excludes halogenated alkanes) is 25. The van der Waals surface area contributed by atoms with Crippen LogP contribution < -0.4 is 4.89 Å². The number of quaternary nitrogens is 1. The quantitative estimate of drug-likeness (QED) is 0.0197. The number of likely N-dealkylation sites (N-methyl/N-ethyl adjacent to an activating group) is 1. The van der Waals surface area contributed by atoms with E-state index in [-0.39, 0.29) is 32.0 Å². The molecule has 0 fully saturated rings. The Bertz CT molecular complexity index is 1010. The third-order valence-corrected chi connectivity index (χ3v) is 11.0. The molecule has 0 aromatic carbocycles. The van der Waals surface area contributed by atoms with Crippen LogP contribution in [0.25, 0.3) is 0 Å². The van der Waals surface area contributed by atoms with E-state index in [2.05, 4.69) is 38.2 Å². The lowest BCUT2D eigenvalue weighted by atomic mass is 10.0. The monoisotopic (exact) mass is 814 g/mol. The Morgan fingerprint density at radius 2 is 0.946 bits per heavy atom. The van der Waals surface area contributed by atoms with E-state index in [0.29, 0.717) is 17.4 Å². The van der Waals surface area contributed by atoms with Crippen LogP contribution in [0.2, 0.25) is 0 Å². The zero-order valence-corrected chi connectivity index (χ0v) is 38.0. The predicted octanol–water partition coefficient (Wildman–Crippen LogP) is 12.5. The van der Waals surface area contributed by atoms with Crippen molar-refractivity contribution in [2.24, 2.45) is 0 Å². The number of carbonyl (C=O) groups is 2. The summed E-state index contributed by atoms with van der Waals surface area (Å²) >= 11 is 0. The number of ether oxygens (including phenoxy) is 2. The molecule has 0 heterocycles. The standard InChI is InChI=1S/C46H88NO8P/c1-6-8-10-12-14-16-18-20-22-23-25-26-28-30-32-34-36-38-45(48)52-42-44(43-54-56(50,51)53-41-40-47(3,4)5)55-46(49)39-37-35-33-31-29-27-24-21-19-17-15-13-11-9-7-2/h17,19,21,24,44H,6-16,18,20,22-23,25-43H2,1-5H3/b19-17+,24-21+/t44-/m1/s1. The van der Waals surface area contributed by atoms with Crippen molar-refractivity contribution in [1.29, 1.82) is 0 Å². The van der Waals surface area contributed by atoms with Crippen molar-refractivity contribution in [1.82, 2.24) is 0 Å². The van der Waals surface area contributed by atoms with E-state index < -0.39 is 26.5 Å². The van der Waals surface area contributed by atoms with E-state index >= 15 is 0 Å². The number of esters is 2. The van der Waals surface area contributed by atoms with Gasteiger partial charge in [-0.2, -0.15) is 0 Å². The Hall–Kier alpha value is -1.51. The normalized spacial score (nSPS) is 13.8. The van der Waals surface area contributed by atoms with Crippen molar-refractivity contribution in [3.63, 3.8) is 0 Å². The Morgan fingerprint density at radius 1 is 0.554 bits per heavy atom. The highest BCUT2D eigenvalue weighted by molar-refractivity contribution is 7.45. The van der Waals surface area contributed by atoms with Gasteiger partial charge < -0.3 is 27.9 Å². The van der Waals surface area contributed by atoms with E-state index in [0.717, 1.165) is 57.8 Å². The Labute approximate surface area is 345 Å². The van der Waals surface area contributed by atoms with Crippen LogP contribution in [-0.4, -0.2) is 70.0 Å². The number of nitrogens with zero attached hydrogens (tertiary/aromatic N) is 1. The molecular weight excluding hydrogens is 725 g/mol. The lowest BCUT2D eigenvalue weighted by Crippen LogP contribution is -2.37. The summed E-state index contributed by atoms with van der Waals surface area (Å²) in [6, 6.07) is 0. The van der Waals surface area contributed by atoms with E-state index in [1.54, 1.807) is 0 Å². The molecule has 0 saturated heterocycles. The number of rotatable bonds is 42. The van der Waals surface area contributed by atoms with Crippen molar-refractivity contribution in [2.45, 2.75) is 213 Å². The Morgan fingerprint density at radius 3 is 1.39 bits per heavy atom. The highest BCUT2D eigenvalue weighted by Gasteiger charge is 2.21. The summed E-state index contributed by atoms with van der Waals surface area (Å²) in [7, 11) is 1.16. The molecule has 0 aliphatic heterocycles. The second kappa shape index (κ2) is 39.0. The predicted molar refractivity (Wildman–Crippen MR) is 231 cm³/mol. The highest BCUT2D eigenvalue weighted by Crippen LogP contribution is 2.38. The zero-order valence-electron chi connectivity index (χ0n) is 37.1. The maximum absolute atomic E-state index is 12.7. The van der Waals surface area contributed by atoms with Crippen LogP contribution in [0, 0.1) is 0 Å². The minimum atomic E-state index is -4.63. The van der Waals surface area contributed by atoms with Gasteiger partial charge in [0.25, 0.3) is 7.82 Å². The first kappa shape index (κ1) is 54.5. The maximum Gasteiger partial charge on any atom is 0.306 e. The van der Waals surface area contributed by atoms with Gasteiger partial charge in [-0.3, -0.25) is 14.2 Å². The molecule has 0 aliphatic rings. The first-order valence-corrected chi connectivity index (χ1v) is 24.5. The molecule has 10 heteroatoms. The number of hydrogen-bond donors (Lipinski definition) is 0. The SMILES string of the molecule is CCCCCC/C=C/C=C/CCCCCCCC(=O)O[C@H](COC(=O)CCCCCCCCCCCCCCCCCCC)COP(=O)([O-])OCC[N+](C)(C)C. The Balaban J connectivity index is 4.33. The molecule has 0 saturated carbocycles. The topological polar surface area (TPSA) is 111 Å². The molecule has 0 aliphatic carbocycles. The summed E-state index contributed by atoms with van der Waals surface area (Å²) in [6.07, 6.45) is 42.0. The molecule has 56 heavy (non-hydrogen) atoms. The fourth-order valence-electron chi connectivity index (χ4n) is 6.35. The lowest BCUT2D eigenvalue weighted by molar-refractivity contribution is -0.870. The van der Waals surface area contributed by atoms with Crippen LogP contribution in [0.5, 0.6) is 0 Å². The van der Waals surface area contributed by atoms with E-state index in [1.807, 2.05) is 21.1 Å². The molecule has 0 amide bonds. The van der Waals surface area contributed by atoms with Crippen molar-refractivity contribution in [2.75, 3.05) is 47.5 Å². The number of hydrogen-bond acceptors (Lipinski definition) is 8. The van der Waals surface area contributed by atoms with Crippen LogP contribution >= 0.6 is 7.82 Å². The van der Waals surface area contributed by atoms with Gasteiger partial charge in [-0.25, -0.2) is 0 Å². The number of carbonyl (C=O) groups excluding carboxylic acids is 2. The van der Waals surface area contributed by atoms with Gasteiger partial charge in [0.15, 0.2) is 6.10 Å². The van der Waals surface area contributed by atoms with E-state index in [4.69, 9.17) is 18.5 Å². The van der Waals surface area contributed by atoms with Crippen LogP contribution in [0.1, 0.15) is 206 Å². The second-order valence-electron chi connectivity index (χ2n) is 16.8. The van der Waals surface area contributed by atoms with Crippen LogP contribution in [0.3, 0.4) is 0 Å². The second-order valence-corrected chi connectivity index (χ2v) is 18.2. The van der Waals surface area contributed by atoms with Crippen LogP contribution in [0.15, 0.2) is 24.3 Å². The zero-order chi connectivity index (χ0) is 41.4. The third-order valence-electron chi connectivity index (χ3n) is 10.0. The van der Waals surface area contributed by atoms with Gasteiger partial charge >= 0.3 is 11.9 Å². The van der Waals surface area contributed by atoms with Gasteiger partial charge in [0.05, 0.1) is 27.7 Å². The van der Waals surface area contributed by atoms with Gasteiger partial charge in [-0.1, -0.05) is 179 Å². The fraction of sp³-hybridized carbons (Fsp3) is 0.870. The van der Waals surface area contributed by atoms with Crippen molar-refractivity contribution >= 4 is 19.8 Å². The molecule has 0 radical (unpaired) electrons. The molecule has 330 valence electrons. The molecule has 0 aromatic rings. The smallest absolute Gasteiger partial charge is 0.306 e. The average molecular weight is 814 g/mol. The molecule has 0 N–H and O–H groups in total. The van der Waals surface area contributed by atoms with Crippen molar-refractivity contribution < 1.29 is 42.1 Å². The fourth-order valence-corrected chi connectivity index (χ4v) is 7.08. The average Bonchev–Trinajstić information content (AvgIpc) is 3.15. The largest absolute Gasteiger partial charge is 0.756 e. The van der Waals surface area contributed by atoms with Gasteiger partial charge in [0.1, 0.15) is 19.8 Å². The number of phosphoric ester groups is 1. The number of phosphoric acid groups is 1. The van der Waals surface area contributed by atoms with Crippen LogP contribution in [0.4, 0.5) is 0 Å². The molecule has 1 unspecified atom stereocenters. The summed E-state index contributed by atoms with van der Waals surface area (Å²) in [5, 5.41) is 0. The van der Waals surface area contributed by atoms with Crippen LogP contribution in [-0.2, 0) is 32.7 Å². The molecule has 0 aromatic heterocycles. The Kier molecular flexibility index (Phi) is 37.9. The summed E-state index contributed by atoms with van der Waals surface area (Å²) in [6.45, 7) is 4.21. The van der Waals surface area contributed by atoms with Gasteiger partial charge in [-0.05, 0) is 38.5 Å². The number of allylic oxidation sites excluding steroid dienone is 4. The molecule has 2 atom stereocenters.